The van der Waals surface area contributed by atoms with E-state index in [-0.39, 0.29) is 24.8 Å². The Morgan fingerprint density at radius 2 is 1.97 bits per heavy atom. The number of fused-ring (bicyclic) bond motifs is 1. The maximum absolute atomic E-state index is 12.9. The zero-order valence-corrected chi connectivity index (χ0v) is 18.7. The van der Waals surface area contributed by atoms with Crippen molar-refractivity contribution in [2.24, 2.45) is 0 Å². The molecule has 0 spiro atoms. The smallest absolute Gasteiger partial charge is 0.256 e. The van der Waals surface area contributed by atoms with E-state index in [1.807, 2.05) is 18.2 Å². The standard InChI is InChI=1S/C25H25N5O4/c26-13-16-2-1-3-17(12-16)14-29-10-8-25(34,9-11-29)21-6-4-18-19(27-21)15-30(24(18)33)20-5-7-22(31)28-23(20)32/h1-4,6,12,20,34H,5,7-11,14-15H2,(H,28,31,32). The van der Waals surface area contributed by atoms with E-state index in [0.29, 0.717) is 61.4 Å². The van der Waals surface area contributed by atoms with Gasteiger partial charge in [0.15, 0.2) is 0 Å². The van der Waals surface area contributed by atoms with Gasteiger partial charge in [-0.2, -0.15) is 5.26 Å². The van der Waals surface area contributed by atoms with E-state index in [4.69, 9.17) is 5.26 Å². The second kappa shape index (κ2) is 8.63. The Balaban J connectivity index is 1.26. The highest BCUT2D eigenvalue weighted by molar-refractivity contribution is 6.05. The monoisotopic (exact) mass is 459 g/mol. The largest absolute Gasteiger partial charge is 0.383 e. The molecule has 9 nitrogen and oxygen atoms in total. The van der Waals surface area contributed by atoms with Crippen LogP contribution >= 0.6 is 0 Å². The molecule has 9 heteroatoms. The summed E-state index contributed by atoms with van der Waals surface area (Å²) >= 11 is 0. The number of carbonyl (C=O) groups excluding carboxylic acids is 3. The Kier molecular flexibility index (Phi) is 5.63. The van der Waals surface area contributed by atoms with Gasteiger partial charge in [0.1, 0.15) is 11.6 Å². The fourth-order valence-corrected chi connectivity index (χ4v) is 5.03. The van der Waals surface area contributed by atoms with E-state index < -0.39 is 17.6 Å². The molecule has 0 bridgehead atoms. The van der Waals surface area contributed by atoms with E-state index in [1.165, 1.54) is 4.90 Å². The number of likely N-dealkylation sites (tertiary alicyclic amines) is 1. The average molecular weight is 460 g/mol. The number of hydrogen-bond donors (Lipinski definition) is 2. The molecule has 3 aliphatic heterocycles. The minimum absolute atomic E-state index is 0.186. The summed E-state index contributed by atoms with van der Waals surface area (Å²) in [7, 11) is 0. The van der Waals surface area contributed by atoms with Crippen molar-refractivity contribution in [3.63, 3.8) is 0 Å². The summed E-state index contributed by atoms with van der Waals surface area (Å²) in [6.45, 7) is 2.24. The molecule has 3 amide bonds. The summed E-state index contributed by atoms with van der Waals surface area (Å²) in [6.07, 6.45) is 1.50. The van der Waals surface area contributed by atoms with Crippen molar-refractivity contribution in [2.75, 3.05) is 13.1 Å². The van der Waals surface area contributed by atoms with Gasteiger partial charge in [0.25, 0.3) is 5.91 Å². The van der Waals surface area contributed by atoms with Gasteiger partial charge in [0.2, 0.25) is 11.8 Å². The first-order chi connectivity index (χ1) is 16.4. The van der Waals surface area contributed by atoms with Gasteiger partial charge in [0, 0.05) is 26.1 Å². The Hall–Kier alpha value is -3.61. The number of amides is 3. The van der Waals surface area contributed by atoms with Crippen molar-refractivity contribution in [1.82, 2.24) is 20.1 Å². The molecule has 2 fully saturated rings. The van der Waals surface area contributed by atoms with Crippen molar-refractivity contribution in [2.45, 2.75) is 50.4 Å². The maximum Gasteiger partial charge on any atom is 0.256 e. The molecule has 5 rings (SSSR count). The Labute approximate surface area is 197 Å². The van der Waals surface area contributed by atoms with Crippen molar-refractivity contribution in [1.29, 1.82) is 5.26 Å². The van der Waals surface area contributed by atoms with Crippen LogP contribution in [0.15, 0.2) is 36.4 Å². The van der Waals surface area contributed by atoms with Crippen LogP contribution in [0.25, 0.3) is 0 Å². The summed E-state index contributed by atoms with van der Waals surface area (Å²) in [5, 5.41) is 22.8. The molecular formula is C25H25N5O4. The second-order valence-electron chi connectivity index (χ2n) is 9.21. The zero-order chi connectivity index (χ0) is 23.9. The predicted octanol–water partition coefficient (Wildman–Crippen LogP) is 1.20. The van der Waals surface area contributed by atoms with Gasteiger partial charge in [-0.3, -0.25) is 29.6 Å². The third-order valence-electron chi connectivity index (χ3n) is 6.99. The molecule has 2 N–H and O–H groups in total. The first-order valence-electron chi connectivity index (χ1n) is 11.5. The lowest BCUT2D eigenvalue weighted by molar-refractivity contribution is -0.136. The molecule has 3 aliphatic rings. The Morgan fingerprint density at radius 1 is 1.18 bits per heavy atom. The number of carbonyl (C=O) groups is 3. The number of rotatable bonds is 4. The van der Waals surface area contributed by atoms with Crippen LogP contribution < -0.4 is 5.32 Å². The summed E-state index contributed by atoms with van der Waals surface area (Å²) < 4.78 is 0. The second-order valence-corrected chi connectivity index (χ2v) is 9.21. The molecule has 0 saturated carbocycles. The van der Waals surface area contributed by atoms with Gasteiger partial charge >= 0.3 is 0 Å². The fraction of sp³-hybridized carbons (Fsp3) is 0.400. The van der Waals surface area contributed by atoms with Crippen LogP contribution in [-0.4, -0.2) is 56.7 Å². The number of piperidine rings is 2. The van der Waals surface area contributed by atoms with Crippen LogP contribution in [0.4, 0.5) is 0 Å². The average Bonchev–Trinajstić information content (AvgIpc) is 3.16. The van der Waals surface area contributed by atoms with Crippen LogP contribution in [0.2, 0.25) is 0 Å². The lowest BCUT2D eigenvalue weighted by atomic mass is 9.87. The van der Waals surface area contributed by atoms with Crippen molar-refractivity contribution in [3.05, 3.63) is 64.5 Å². The third kappa shape index (κ3) is 4.06. The SMILES string of the molecule is N#Cc1cccc(CN2CCC(O)(c3ccc4c(n3)CN(C3CCC(=O)NC3=O)C4=O)CC2)c1. The van der Waals surface area contributed by atoms with E-state index in [9.17, 15) is 19.5 Å². The maximum atomic E-state index is 12.9. The highest BCUT2D eigenvalue weighted by Gasteiger charge is 2.41. The number of imide groups is 1. The molecule has 2 aromatic rings. The van der Waals surface area contributed by atoms with E-state index >= 15 is 0 Å². The minimum Gasteiger partial charge on any atom is -0.383 e. The lowest BCUT2D eigenvalue weighted by Crippen LogP contribution is -2.52. The molecule has 1 aromatic heterocycles. The highest BCUT2D eigenvalue weighted by Crippen LogP contribution is 2.34. The normalized spacial score (nSPS) is 22.3. The van der Waals surface area contributed by atoms with Crippen LogP contribution in [0.3, 0.4) is 0 Å². The van der Waals surface area contributed by atoms with E-state index in [1.54, 1.807) is 18.2 Å². The molecule has 4 heterocycles. The summed E-state index contributed by atoms with van der Waals surface area (Å²) in [4.78, 5) is 44.9. The summed E-state index contributed by atoms with van der Waals surface area (Å²) in [5.41, 5.74) is 2.13. The lowest BCUT2D eigenvalue weighted by Gasteiger charge is -2.38. The molecule has 1 aromatic carbocycles. The van der Waals surface area contributed by atoms with Gasteiger partial charge in [-0.15, -0.1) is 0 Å². The van der Waals surface area contributed by atoms with Crippen LogP contribution in [0.1, 0.15) is 58.6 Å². The first kappa shape index (κ1) is 22.2. The summed E-state index contributed by atoms with van der Waals surface area (Å²) in [5.74, 6) is -1.05. The van der Waals surface area contributed by atoms with Gasteiger partial charge in [-0.25, -0.2) is 0 Å². The van der Waals surface area contributed by atoms with Crippen LogP contribution in [-0.2, 0) is 28.3 Å². The number of nitriles is 1. The van der Waals surface area contributed by atoms with E-state index in [2.05, 4.69) is 21.3 Å². The molecular weight excluding hydrogens is 434 g/mol. The molecule has 0 radical (unpaired) electrons. The third-order valence-corrected chi connectivity index (χ3v) is 6.99. The number of aromatic nitrogens is 1. The molecule has 34 heavy (non-hydrogen) atoms. The number of aliphatic hydroxyl groups is 1. The summed E-state index contributed by atoms with van der Waals surface area (Å²) in [6, 6.07) is 12.4. The topological polar surface area (TPSA) is 127 Å². The van der Waals surface area contributed by atoms with Crippen molar-refractivity contribution in [3.8, 4) is 6.07 Å². The molecule has 174 valence electrons. The van der Waals surface area contributed by atoms with Crippen molar-refractivity contribution < 1.29 is 19.5 Å². The van der Waals surface area contributed by atoms with Crippen molar-refractivity contribution >= 4 is 17.7 Å². The number of pyridine rings is 1. The predicted molar refractivity (Wildman–Crippen MR) is 120 cm³/mol. The van der Waals surface area contributed by atoms with Crippen LogP contribution in [0.5, 0.6) is 0 Å². The molecule has 2 saturated heterocycles. The number of nitrogens with zero attached hydrogens (tertiary/aromatic N) is 4. The van der Waals surface area contributed by atoms with Gasteiger partial charge < -0.3 is 10.0 Å². The first-order valence-corrected chi connectivity index (χ1v) is 11.5. The van der Waals surface area contributed by atoms with Gasteiger partial charge in [-0.05, 0) is 49.1 Å². The molecule has 1 unspecified atom stereocenters. The minimum atomic E-state index is -1.09. The quantitative estimate of drug-likeness (QED) is 0.658. The zero-order valence-electron chi connectivity index (χ0n) is 18.7. The number of benzene rings is 1. The van der Waals surface area contributed by atoms with Gasteiger partial charge in [-0.1, -0.05) is 12.1 Å². The Morgan fingerprint density at radius 3 is 2.71 bits per heavy atom. The van der Waals surface area contributed by atoms with Crippen LogP contribution in [0, 0.1) is 11.3 Å². The van der Waals surface area contributed by atoms with E-state index in [0.717, 1.165) is 5.56 Å². The van der Waals surface area contributed by atoms with Gasteiger partial charge in [0.05, 0.1) is 35.1 Å². The fourth-order valence-electron chi connectivity index (χ4n) is 5.03. The number of nitrogens with one attached hydrogen (secondary N) is 1. The molecule has 0 aliphatic carbocycles. The Bertz CT molecular complexity index is 1210. The molecule has 1 atom stereocenters. The number of hydrogen-bond acceptors (Lipinski definition) is 7. The highest BCUT2D eigenvalue weighted by atomic mass is 16.3.